The van der Waals surface area contributed by atoms with E-state index in [0.717, 1.165) is 11.3 Å². The molecule has 0 bridgehead atoms. The molecule has 0 radical (unpaired) electrons. The summed E-state index contributed by atoms with van der Waals surface area (Å²) in [5.74, 6) is -0.415. The highest BCUT2D eigenvalue weighted by molar-refractivity contribution is 5.70. The third kappa shape index (κ3) is 3.15. The van der Waals surface area contributed by atoms with Crippen LogP contribution in [0, 0.1) is 0 Å². The van der Waals surface area contributed by atoms with E-state index >= 15 is 0 Å². The number of carbonyl (C=O) groups is 1. The number of fused-ring (bicyclic) bond motifs is 1. The van der Waals surface area contributed by atoms with Crippen LogP contribution >= 0.6 is 0 Å². The van der Waals surface area contributed by atoms with Crippen LogP contribution in [0.4, 0.5) is 0 Å². The van der Waals surface area contributed by atoms with Gasteiger partial charge in [-0.3, -0.25) is 0 Å². The van der Waals surface area contributed by atoms with Gasteiger partial charge >= 0.3 is 5.97 Å². The molecule has 25 heavy (non-hydrogen) atoms. The van der Waals surface area contributed by atoms with Gasteiger partial charge in [-0.2, -0.15) is 0 Å². The third-order valence-electron chi connectivity index (χ3n) is 4.54. The number of esters is 1. The fraction of sp³-hybridized carbons (Fsp3) is 0.471. The summed E-state index contributed by atoms with van der Waals surface area (Å²) in [6.45, 7) is 0.733. The zero-order valence-corrected chi connectivity index (χ0v) is 13.8. The largest absolute Gasteiger partial charge is 0.467 e. The predicted octanol–water partition coefficient (Wildman–Crippen LogP) is 0.842. The van der Waals surface area contributed by atoms with Gasteiger partial charge in [0, 0.05) is 5.56 Å². The molecule has 0 N–H and O–H groups in total. The fourth-order valence-electron chi connectivity index (χ4n) is 3.23. The summed E-state index contributed by atoms with van der Waals surface area (Å²) in [7, 11) is 1.33. The van der Waals surface area contributed by atoms with Crippen molar-refractivity contribution in [1.29, 1.82) is 0 Å². The Bertz CT molecular complexity index is 735. The molecule has 2 aromatic rings. The van der Waals surface area contributed by atoms with Crippen LogP contribution in [-0.4, -0.2) is 66.2 Å². The van der Waals surface area contributed by atoms with Gasteiger partial charge in [-0.15, -0.1) is 5.10 Å². The fourth-order valence-corrected chi connectivity index (χ4v) is 3.23. The minimum absolute atomic E-state index is 0.0679. The highest BCUT2D eigenvalue weighted by Crippen LogP contribution is 2.35. The number of carbonyl (C=O) groups excluding carboxylic acids is 1. The van der Waals surface area contributed by atoms with Crippen molar-refractivity contribution < 1.29 is 23.7 Å². The van der Waals surface area contributed by atoms with Gasteiger partial charge in [0.25, 0.3) is 0 Å². The standard InChI is InChI=1S/C17H19N3O5/c1-22-15(21)10-23-14-9-25-16-13(8-24-17(14)16)20-7-12(18-19-20)11-5-3-2-4-6-11/h2-7,13-14,16-17H,8-10H2,1H3/t13-,14+,16+,17+/m0/s1. The molecule has 0 saturated carbocycles. The van der Waals surface area contributed by atoms with Crippen molar-refractivity contribution in [3.05, 3.63) is 36.5 Å². The van der Waals surface area contributed by atoms with E-state index in [1.54, 1.807) is 4.68 Å². The topological polar surface area (TPSA) is 84.7 Å². The number of aromatic nitrogens is 3. The molecular weight excluding hydrogens is 326 g/mol. The van der Waals surface area contributed by atoms with Gasteiger partial charge in [0.15, 0.2) is 0 Å². The average molecular weight is 345 g/mol. The number of rotatable bonds is 5. The molecule has 4 atom stereocenters. The number of hydrogen-bond acceptors (Lipinski definition) is 7. The SMILES string of the molecule is COC(=O)CO[C@@H]1CO[C@H]2[C@@H]1OC[C@@H]2n1cc(-c2ccccc2)nn1. The van der Waals surface area contributed by atoms with Gasteiger partial charge in [-0.25, -0.2) is 9.48 Å². The summed E-state index contributed by atoms with van der Waals surface area (Å²) in [5, 5.41) is 8.48. The van der Waals surface area contributed by atoms with Crippen LogP contribution in [-0.2, 0) is 23.7 Å². The third-order valence-corrected chi connectivity index (χ3v) is 4.54. The molecule has 4 rings (SSSR count). The van der Waals surface area contributed by atoms with Crippen LogP contribution in [0.25, 0.3) is 11.3 Å². The van der Waals surface area contributed by atoms with Crippen LogP contribution in [0.15, 0.2) is 36.5 Å². The zero-order valence-electron chi connectivity index (χ0n) is 13.8. The summed E-state index contributed by atoms with van der Waals surface area (Å²) >= 11 is 0. The lowest BCUT2D eigenvalue weighted by atomic mass is 10.1. The molecule has 2 aliphatic rings. The van der Waals surface area contributed by atoms with E-state index < -0.39 is 5.97 Å². The Morgan fingerprint density at radius 3 is 2.84 bits per heavy atom. The summed E-state index contributed by atoms with van der Waals surface area (Å²) in [5.41, 5.74) is 1.82. The maximum Gasteiger partial charge on any atom is 0.331 e. The second kappa shape index (κ2) is 6.91. The van der Waals surface area contributed by atoms with Crippen molar-refractivity contribution in [1.82, 2.24) is 15.0 Å². The van der Waals surface area contributed by atoms with E-state index in [4.69, 9.17) is 14.2 Å². The monoisotopic (exact) mass is 345 g/mol. The lowest BCUT2D eigenvalue weighted by Crippen LogP contribution is -2.33. The van der Waals surface area contributed by atoms with Crippen molar-refractivity contribution in [2.24, 2.45) is 0 Å². The summed E-state index contributed by atoms with van der Waals surface area (Å²) < 4.78 is 23.6. The van der Waals surface area contributed by atoms with Gasteiger partial charge in [-0.1, -0.05) is 35.5 Å². The molecule has 8 nitrogen and oxygen atoms in total. The van der Waals surface area contributed by atoms with E-state index in [0.29, 0.717) is 13.2 Å². The predicted molar refractivity (Wildman–Crippen MR) is 85.7 cm³/mol. The first kappa shape index (κ1) is 16.2. The van der Waals surface area contributed by atoms with Crippen molar-refractivity contribution in [3.8, 4) is 11.3 Å². The van der Waals surface area contributed by atoms with E-state index in [1.807, 2.05) is 36.5 Å². The van der Waals surface area contributed by atoms with E-state index in [9.17, 15) is 4.79 Å². The van der Waals surface area contributed by atoms with E-state index in [1.165, 1.54) is 7.11 Å². The second-order valence-corrected chi connectivity index (χ2v) is 6.04. The van der Waals surface area contributed by atoms with Crippen LogP contribution in [0.1, 0.15) is 6.04 Å². The van der Waals surface area contributed by atoms with E-state index in [2.05, 4.69) is 15.0 Å². The molecule has 8 heteroatoms. The minimum Gasteiger partial charge on any atom is -0.467 e. The molecule has 3 heterocycles. The molecule has 0 spiro atoms. The Morgan fingerprint density at radius 2 is 2.04 bits per heavy atom. The van der Waals surface area contributed by atoms with Crippen LogP contribution in [0.3, 0.4) is 0 Å². The van der Waals surface area contributed by atoms with E-state index in [-0.39, 0.29) is 31.0 Å². The van der Waals surface area contributed by atoms with Crippen LogP contribution in [0.2, 0.25) is 0 Å². The Hall–Kier alpha value is -2.29. The van der Waals surface area contributed by atoms with Crippen molar-refractivity contribution in [2.45, 2.75) is 24.4 Å². The number of methoxy groups -OCH3 is 1. The Morgan fingerprint density at radius 1 is 1.24 bits per heavy atom. The van der Waals surface area contributed by atoms with Crippen LogP contribution in [0.5, 0.6) is 0 Å². The van der Waals surface area contributed by atoms with Gasteiger partial charge in [0.05, 0.1) is 26.5 Å². The lowest BCUT2D eigenvalue weighted by Gasteiger charge is -2.16. The first-order valence-corrected chi connectivity index (χ1v) is 8.15. The van der Waals surface area contributed by atoms with Crippen molar-refractivity contribution in [2.75, 3.05) is 26.9 Å². The summed E-state index contributed by atoms with van der Waals surface area (Å²) in [4.78, 5) is 11.2. The second-order valence-electron chi connectivity index (χ2n) is 6.04. The first-order valence-electron chi connectivity index (χ1n) is 8.15. The van der Waals surface area contributed by atoms with Gasteiger partial charge in [-0.05, 0) is 0 Å². The summed E-state index contributed by atoms with van der Waals surface area (Å²) in [6, 6.07) is 9.81. The molecule has 0 amide bonds. The quantitative estimate of drug-likeness (QED) is 0.743. The Balaban J connectivity index is 1.44. The molecule has 0 unspecified atom stereocenters. The van der Waals surface area contributed by atoms with Crippen molar-refractivity contribution >= 4 is 5.97 Å². The summed E-state index contributed by atoms with van der Waals surface area (Å²) in [6.07, 6.45) is 1.22. The van der Waals surface area contributed by atoms with Crippen molar-refractivity contribution in [3.63, 3.8) is 0 Å². The first-order chi connectivity index (χ1) is 12.3. The molecule has 0 aliphatic carbocycles. The molecular formula is C17H19N3O5. The van der Waals surface area contributed by atoms with Gasteiger partial charge in [0.1, 0.15) is 36.7 Å². The normalized spacial score (nSPS) is 28.0. The Labute approximate surface area is 144 Å². The number of benzene rings is 1. The number of nitrogens with zero attached hydrogens (tertiary/aromatic N) is 3. The minimum atomic E-state index is -0.415. The van der Waals surface area contributed by atoms with Gasteiger partial charge in [0.2, 0.25) is 0 Å². The molecule has 2 fully saturated rings. The van der Waals surface area contributed by atoms with Crippen LogP contribution < -0.4 is 0 Å². The maximum absolute atomic E-state index is 11.2. The number of ether oxygens (including phenoxy) is 4. The molecule has 2 saturated heterocycles. The lowest BCUT2D eigenvalue weighted by molar-refractivity contribution is -0.150. The smallest absolute Gasteiger partial charge is 0.331 e. The maximum atomic E-state index is 11.2. The molecule has 2 aliphatic heterocycles. The zero-order chi connectivity index (χ0) is 17.2. The highest BCUT2D eigenvalue weighted by Gasteiger charge is 2.49. The number of hydrogen-bond donors (Lipinski definition) is 0. The highest BCUT2D eigenvalue weighted by atomic mass is 16.6. The molecule has 1 aromatic heterocycles. The average Bonchev–Trinajstić information content (AvgIpc) is 3.36. The molecule has 1 aromatic carbocycles. The molecule has 132 valence electrons. The Kier molecular flexibility index (Phi) is 4.48. The van der Waals surface area contributed by atoms with Gasteiger partial charge < -0.3 is 18.9 Å².